The summed E-state index contributed by atoms with van der Waals surface area (Å²) in [5.74, 6) is 0.862. The largest absolute Gasteiger partial charge is 2.00 e. The van der Waals surface area contributed by atoms with E-state index in [4.69, 9.17) is 9.97 Å². The van der Waals surface area contributed by atoms with Gasteiger partial charge in [-0.25, -0.2) is 4.98 Å². The van der Waals surface area contributed by atoms with Crippen LogP contribution in [0.2, 0.25) is 0 Å². The first-order valence-electron chi connectivity index (χ1n) is 22.3. The van der Waals surface area contributed by atoms with Crippen molar-refractivity contribution >= 4 is 89.8 Å². The van der Waals surface area contributed by atoms with Gasteiger partial charge >= 0.3 is 21.1 Å². The van der Waals surface area contributed by atoms with Crippen LogP contribution in [-0.2, 0) is 31.9 Å². The average Bonchev–Trinajstić information content (AvgIpc) is 3.63. The Labute approximate surface area is 395 Å². The van der Waals surface area contributed by atoms with E-state index >= 15 is 0 Å². The van der Waals surface area contributed by atoms with Crippen molar-refractivity contribution in [3.8, 4) is 17.1 Å². The summed E-state index contributed by atoms with van der Waals surface area (Å²) in [5.41, 5.74) is 16.7. The summed E-state index contributed by atoms with van der Waals surface area (Å²) in [5, 5.41) is 4.55. The molecular weight excluding hydrogens is 973 g/mol. The first-order chi connectivity index (χ1) is 31.0. The van der Waals surface area contributed by atoms with Crippen molar-refractivity contribution in [3.05, 3.63) is 193 Å². The Bertz CT molecular complexity index is 3470. The minimum atomic E-state index is -0.207. The van der Waals surface area contributed by atoms with Gasteiger partial charge < -0.3 is 19.4 Å². The van der Waals surface area contributed by atoms with E-state index in [1.54, 1.807) is 0 Å². The molecule has 0 spiro atoms. The van der Waals surface area contributed by atoms with E-state index in [1.807, 2.05) is 18.5 Å². The van der Waals surface area contributed by atoms with Gasteiger partial charge in [0.25, 0.3) is 0 Å². The van der Waals surface area contributed by atoms with E-state index in [1.165, 1.54) is 16.6 Å². The molecule has 2 aliphatic rings. The summed E-state index contributed by atoms with van der Waals surface area (Å²) in [4.78, 5) is 14.9. The number of anilines is 6. The van der Waals surface area contributed by atoms with Crippen LogP contribution in [0.15, 0.2) is 170 Å². The van der Waals surface area contributed by atoms with Gasteiger partial charge in [0.2, 0.25) is 6.71 Å². The van der Waals surface area contributed by atoms with Gasteiger partial charge in [-0.2, -0.15) is 11.5 Å². The second kappa shape index (κ2) is 15.2. The third kappa shape index (κ3) is 6.48. The van der Waals surface area contributed by atoms with E-state index in [2.05, 4.69) is 220 Å². The van der Waals surface area contributed by atoms with Crippen LogP contribution in [0.25, 0.3) is 49.7 Å². The molecule has 3 aromatic heterocycles. The van der Waals surface area contributed by atoms with Crippen molar-refractivity contribution in [2.45, 2.75) is 52.4 Å². The van der Waals surface area contributed by atoms with Crippen LogP contribution >= 0.6 is 0 Å². The summed E-state index contributed by atoms with van der Waals surface area (Å²) < 4.78 is 2.28. The summed E-state index contributed by atoms with van der Waals surface area (Å²) in [6.07, 6.45) is 3.79. The first kappa shape index (κ1) is 41.0. The monoisotopic (exact) mass is 1020 g/mol. The fourth-order valence-corrected chi connectivity index (χ4v) is 10.2. The number of hydrogen-bond acceptors (Lipinski definition) is 4. The Hall–Kier alpha value is -6.75. The first-order valence-corrected chi connectivity index (χ1v) is 22.3. The molecule has 0 aliphatic carbocycles. The standard InChI is InChI=1S/C58H46BN5.Pt/c1-57(2,3)39-22-26-41(27-23-39)62-49-30-21-38(56-43-15-8-7-14-37(43)31-33-61-56)34-46(49)59-47-36-52-45(44-16-9-10-17-48(44)64(52)54-20-11-12-32-60-54)35-53(47)63(51-19-13-18-50(62)55(51)59)42-28-24-40(25-29-42)58(4,5)6;/h7-33,35H,1-6H3;/q-2;+2. The van der Waals surface area contributed by atoms with E-state index in [9.17, 15) is 0 Å². The fraction of sp³-hybridized carbons (Fsp3) is 0.138. The second-order valence-electron chi connectivity index (χ2n) is 19.3. The zero-order valence-corrected chi connectivity index (χ0v) is 39.6. The quantitative estimate of drug-likeness (QED) is 0.130. The molecule has 0 N–H and O–H groups in total. The predicted molar refractivity (Wildman–Crippen MR) is 268 cm³/mol. The molecule has 0 fully saturated rings. The summed E-state index contributed by atoms with van der Waals surface area (Å²) in [6, 6.07) is 65.7. The normalized spacial score (nSPS) is 13.2. The second-order valence-corrected chi connectivity index (χ2v) is 19.3. The fourth-order valence-electron chi connectivity index (χ4n) is 10.2. The molecular formula is C58H46BN5Pt. The molecule has 0 radical (unpaired) electrons. The van der Waals surface area contributed by atoms with Gasteiger partial charge in [-0.05, 0) is 116 Å². The molecule has 7 heteroatoms. The smallest absolute Gasteiger partial charge is 0.366 e. The van der Waals surface area contributed by atoms with E-state index in [0.717, 1.165) is 94.7 Å². The third-order valence-corrected chi connectivity index (χ3v) is 13.4. The Morgan fingerprint density at radius 3 is 1.77 bits per heavy atom. The van der Waals surface area contributed by atoms with Gasteiger partial charge in [0.05, 0.1) is 0 Å². The number of fused-ring (bicyclic) bond motifs is 8. The number of para-hydroxylation sites is 1. The van der Waals surface area contributed by atoms with Crippen molar-refractivity contribution < 1.29 is 21.1 Å². The Morgan fingerprint density at radius 1 is 0.492 bits per heavy atom. The number of aromatic nitrogens is 3. The topological polar surface area (TPSA) is 37.2 Å². The summed E-state index contributed by atoms with van der Waals surface area (Å²) in [7, 11) is 0. The van der Waals surface area contributed by atoms with E-state index < -0.39 is 0 Å². The minimum absolute atomic E-state index is 0. The average molecular weight is 1020 g/mol. The van der Waals surface area contributed by atoms with Crippen molar-refractivity contribution in [2.24, 2.45) is 0 Å². The molecule has 7 aromatic carbocycles. The van der Waals surface area contributed by atoms with Gasteiger partial charge in [0.1, 0.15) is 5.82 Å². The summed E-state index contributed by atoms with van der Waals surface area (Å²) in [6.45, 7) is 13.4. The molecule has 316 valence electrons. The SMILES string of the molecule is CC(C)(C)c1ccc(N2c3ccc(-c4nccc5ccccc45)[c-]c3B3c4[c-]c5c(cc4N(c4ccc(C(C)(C)C)cc4)c4cccc2c43)c2ccccc2n5-c2ccccn2)cc1.[Pt+2]. The van der Waals surface area contributed by atoms with Crippen LogP contribution in [0.5, 0.6) is 0 Å². The van der Waals surface area contributed by atoms with Gasteiger partial charge in [-0.1, -0.05) is 132 Å². The molecule has 2 aliphatic heterocycles. The Kier molecular flexibility index (Phi) is 9.57. The van der Waals surface area contributed by atoms with Crippen LogP contribution in [0.4, 0.5) is 34.1 Å². The Morgan fingerprint density at radius 2 is 1.11 bits per heavy atom. The molecule has 0 bridgehead atoms. The molecule has 0 atom stereocenters. The number of benzene rings is 7. The maximum absolute atomic E-state index is 5.02. The van der Waals surface area contributed by atoms with Crippen molar-refractivity contribution in [1.82, 2.24) is 14.5 Å². The summed E-state index contributed by atoms with van der Waals surface area (Å²) >= 11 is 0. The molecule has 0 saturated heterocycles. The number of rotatable bonds is 4. The predicted octanol–water partition coefficient (Wildman–Crippen LogP) is 12.7. The molecule has 0 saturated carbocycles. The van der Waals surface area contributed by atoms with Crippen LogP contribution in [-0.4, -0.2) is 21.2 Å². The van der Waals surface area contributed by atoms with E-state index in [-0.39, 0.29) is 38.6 Å². The number of nitrogens with zero attached hydrogens (tertiary/aromatic N) is 5. The number of hydrogen-bond donors (Lipinski definition) is 0. The van der Waals surface area contributed by atoms with Crippen molar-refractivity contribution in [1.29, 1.82) is 0 Å². The molecule has 0 unspecified atom stereocenters. The van der Waals surface area contributed by atoms with Gasteiger partial charge in [0.15, 0.2) is 0 Å². The van der Waals surface area contributed by atoms with Crippen LogP contribution in [0.3, 0.4) is 0 Å². The van der Waals surface area contributed by atoms with Gasteiger partial charge in [0, 0.05) is 40.7 Å². The Balaban J connectivity index is 0.00000469. The molecule has 5 heterocycles. The minimum Gasteiger partial charge on any atom is -0.366 e. The number of pyridine rings is 2. The van der Waals surface area contributed by atoms with Crippen molar-refractivity contribution in [3.63, 3.8) is 0 Å². The van der Waals surface area contributed by atoms with Crippen LogP contribution in [0.1, 0.15) is 52.7 Å². The van der Waals surface area contributed by atoms with Crippen molar-refractivity contribution in [2.75, 3.05) is 9.80 Å². The molecule has 0 amide bonds. The van der Waals surface area contributed by atoms with E-state index in [0.29, 0.717) is 0 Å². The maximum atomic E-state index is 5.02. The molecule has 10 aromatic rings. The molecule has 65 heavy (non-hydrogen) atoms. The molecule has 12 rings (SSSR count). The maximum Gasteiger partial charge on any atom is 2.00 e. The van der Waals surface area contributed by atoms with Gasteiger partial charge in [-0.3, -0.25) is 0 Å². The van der Waals surface area contributed by atoms with Gasteiger partial charge in [-0.15, -0.1) is 40.7 Å². The van der Waals surface area contributed by atoms with Crippen LogP contribution < -0.4 is 26.2 Å². The zero-order chi connectivity index (χ0) is 43.5. The molecule has 5 nitrogen and oxygen atoms in total. The van der Waals surface area contributed by atoms with Crippen LogP contribution in [0, 0.1) is 12.1 Å². The zero-order valence-electron chi connectivity index (χ0n) is 37.3. The third-order valence-electron chi connectivity index (χ3n) is 13.4.